The van der Waals surface area contributed by atoms with Crippen LogP contribution in [-0.4, -0.2) is 38.3 Å². The first-order valence-corrected chi connectivity index (χ1v) is 11.7. The molecule has 4 heterocycles. The fraction of sp³-hybridized carbons (Fsp3) is 0.304. The number of furan rings is 1. The highest BCUT2D eigenvalue weighted by atomic mass is 79.9. The molecule has 180 valence electrons. The van der Waals surface area contributed by atoms with Gasteiger partial charge in [0.25, 0.3) is 0 Å². The molecular formula is C23H22BBrFN5O4. The highest BCUT2D eigenvalue weighted by Crippen LogP contribution is 2.43. The molecule has 0 radical (unpaired) electrons. The second-order valence-electron chi connectivity index (χ2n) is 9.04. The average molecular weight is 542 g/mol. The minimum Gasteiger partial charge on any atom is -0.441 e. The van der Waals surface area contributed by atoms with Crippen molar-refractivity contribution in [3.05, 3.63) is 58.5 Å². The van der Waals surface area contributed by atoms with Gasteiger partial charge in [0, 0.05) is 18.3 Å². The number of aryl methyl sites for hydroxylation is 1. The van der Waals surface area contributed by atoms with E-state index in [0.29, 0.717) is 44.7 Å². The van der Waals surface area contributed by atoms with Gasteiger partial charge in [0.1, 0.15) is 17.9 Å². The van der Waals surface area contributed by atoms with Gasteiger partial charge in [-0.15, -0.1) is 0 Å². The van der Waals surface area contributed by atoms with Crippen molar-refractivity contribution < 1.29 is 22.9 Å². The summed E-state index contributed by atoms with van der Waals surface area (Å²) in [7, 11) is -0.804. The molecule has 4 aromatic rings. The van der Waals surface area contributed by atoms with Crippen LogP contribution >= 0.6 is 15.9 Å². The number of ether oxygens (including phenoxy) is 1. The Morgan fingerprint density at radius 2 is 1.94 bits per heavy atom. The van der Waals surface area contributed by atoms with Gasteiger partial charge in [0.15, 0.2) is 11.6 Å². The van der Waals surface area contributed by atoms with Gasteiger partial charge >= 0.3 is 13.1 Å². The third-order valence-electron chi connectivity index (χ3n) is 6.27. The molecule has 1 unspecified atom stereocenters. The van der Waals surface area contributed by atoms with Gasteiger partial charge in [-0.1, -0.05) is 6.07 Å². The van der Waals surface area contributed by atoms with Crippen LogP contribution in [-0.2, 0) is 15.7 Å². The predicted octanol–water partition coefficient (Wildman–Crippen LogP) is 4.12. The van der Waals surface area contributed by atoms with Crippen molar-refractivity contribution >= 4 is 45.4 Å². The molecule has 35 heavy (non-hydrogen) atoms. The molecule has 0 saturated carbocycles. The fourth-order valence-corrected chi connectivity index (χ4v) is 4.49. The highest BCUT2D eigenvalue weighted by molar-refractivity contribution is 9.10. The maximum atomic E-state index is 14.9. The molecule has 1 saturated heterocycles. The van der Waals surface area contributed by atoms with E-state index < -0.39 is 24.1 Å². The summed E-state index contributed by atoms with van der Waals surface area (Å²) in [5.41, 5.74) is 6.04. The fourth-order valence-electron chi connectivity index (χ4n) is 3.89. The molecule has 0 aliphatic carbocycles. The first kappa shape index (κ1) is 23.6. The van der Waals surface area contributed by atoms with E-state index in [1.54, 1.807) is 25.3 Å². The zero-order valence-corrected chi connectivity index (χ0v) is 21.1. The Morgan fingerprint density at radius 1 is 1.14 bits per heavy atom. The summed E-state index contributed by atoms with van der Waals surface area (Å²) in [6.45, 7) is 7.56. The summed E-state index contributed by atoms with van der Waals surface area (Å²) < 4.78 is 39.6. The lowest BCUT2D eigenvalue weighted by atomic mass is 9.79. The Labute approximate surface area is 209 Å². The number of anilines is 1. The first-order chi connectivity index (χ1) is 16.6. The minimum atomic E-state index is -0.822. The second kappa shape index (κ2) is 8.54. The molecule has 0 bridgehead atoms. The molecule has 0 amide bonds. The Bertz CT molecular complexity index is 1430. The summed E-state index contributed by atoms with van der Waals surface area (Å²) in [6.07, 6.45) is 3.25. The van der Waals surface area contributed by atoms with E-state index in [4.69, 9.17) is 24.2 Å². The molecule has 1 aromatic carbocycles. The summed E-state index contributed by atoms with van der Waals surface area (Å²) in [5.74, 6) is 0.335. The largest absolute Gasteiger partial charge is 0.494 e. The number of fused-ring (bicyclic) bond motifs is 1. The quantitative estimate of drug-likeness (QED) is 0.372. The van der Waals surface area contributed by atoms with E-state index in [0.717, 1.165) is 0 Å². The van der Waals surface area contributed by atoms with E-state index in [1.807, 2.05) is 20.8 Å². The lowest BCUT2D eigenvalue weighted by Gasteiger charge is -2.35. The summed E-state index contributed by atoms with van der Waals surface area (Å²) in [4.78, 5) is 16.3. The maximum absolute atomic E-state index is 14.9. The van der Waals surface area contributed by atoms with Crippen LogP contribution in [0.5, 0.6) is 11.8 Å². The monoisotopic (exact) mass is 541 g/mol. The smallest absolute Gasteiger partial charge is 0.441 e. The van der Waals surface area contributed by atoms with Crippen molar-refractivity contribution in [2.45, 2.75) is 45.3 Å². The zero-order valence-electron chi connectivity index (χ0n) is 19.5. The van der Waals surface area contributed by atoms with E-state index in [-0.39, 0.29) is 11.8 Å². The Balaban J connectivity index is 1.39. The lowest BCUT2D eigenvalue weighted by Crippen LogP contribution is -2.46. The molecule has 3 aromatic heterocycles. The maximum Gasteiger partial charge on any atom is 0.494 e. The number of nitrogens with two attached hydrogens (primary N) is 1. The third-order valence-corrected chi connectivity index (χ3v) is 7.11. The second-order valence-corrected chi connectivity index (χ2v) is 9.83. The summed E-state index contributed by atoms with van der Waals surface area (Å²) in [5, 5.41) is 0.606. The van der Waals surface area contributed by atoms with Crippen molar-refractivity contribution in [2.75, 3.05) is 5.73 Å². The molecule has 2 N–H and O–H groups in total. The van der Waals surface area contributed by atoms with Gasteiger partial charge in [-0.3, -0.25) is 0 Å². The summed E-state index contributed by atoms with van der Waals surface area (Å²) >= 11 is 3.56. The Morgan fingerprint density at radius 3 is 2.66 bits per heavy atom. The molecule has 5 rings (SSSR count). The van der Waals surface area contributed by atoms with Gasteiger partial charge in [-0.2, -0.15) is 0 Å². The van der Waals surface area contributed by atoms with Crippen LogP contribution in [0.25, 0.3) is 11.1 Å². The molecule has 1 aliphatic rings. The van der Waals surface area contributed by atoms with Gasteiger partial charge < -0.3 is 24.2 Å². The van der Waals surface area contributed by atoms with Crippen LogP contribution < -0.4 is 15.9 Å². The summed E-state index contributed by atoms with van der Waals surface area (Å²) in [6, 6.07) is 6.31. The Hall–Kier alpha value is -3.09. The van der Waals surface area contributed by atoms with Gasteiger partial charge in [0.05, 0.1) is 21.1 Å². The number of nitrogens with zero attached hydrogens (tertiary/aromatic N) is 4. The van der Waals surface area contributed by atoms with Crippen molar-refractivity contribution in [3.63, 3.8) is 0 Å². The highest BCUT2D eigenvalue weighted by Gasteiger charge is 2.55. The van der Waals surface area contributed by atoms with Crippen LogP contribution in [0.15, 0.2) is 45.7 Å². The number of benzene rings is 1. The molecule has 0 spiro atoms. The Kier molecular flexibility index (Phi) is 5.77. The number of hydrogen-bond acceptors (Lipinski definition) is 9. The van der Waals surface area contributed by atoms with E-state index in [9.17, 15) is 4.39 Å². The lowest BCUT2D eigenvalue weighted by molar-refractivity contribution is -0.0121. The normalized spacial score (nSPS) is 19.4. The number of nitrogen functional groups attached to an aromatic ring is 1. The van der Waals surface area contributed by atoms with Crippen LogP contribution in [0.2, 0.25) is 0 Å². The molecule has 1 atom stereocenters. The molecular weight excluding hydrogens is 520 g/mol. The third kappa shape index (κ3) is 4.26. The average Bonchev–Trinajstić information content (AvgIpc) is 3.22. The van der Waals surface area contributed by atoms with Crippen LogP contribution in [0.1, 0.15) is 32.2 Å². The van der Waals surface area contributed by atoms with Crippen molar-refractivity contribution in [1.82, 2.24) is 19.9 Å². The van der Waals surface area contributed by atoms with Gasteiger partial charge in [0.2, 0.25) is 5.71 Å². The van der Waals surface area contributed by atoms with Crippen molar-refractivity contribution in [1.29, 1.82) is 0 Å². The van der Waals surface area contributed by atoms with E-state index >= 15 is 0 Å². The first-order valence-electron chi connectivity index (χ1n) is 10.9. The van der Waals surface area contributed by atoms with Crippen LogP contribution in [0.3, 0.4) is 0 Å². The van der Waals surface area contributed by atoms with E-state index in [1.165, 1.54) is 18.5 Å². The predicted molar refractivity (Wildman–Crippen MR) is 131 cm³/mol. The number of rotatable bonds is 5. The van der Waals surface area contributed by atoms with Crippen molar-refractivity contribution in [3.8, 4) is 11.8 Å². The van der Waals surface area contributed by atoms with Gasteiger partial charge in [-0.25, -0.2) is 24.3 Å². The van der Waals surface area contributed by atoms with Crippen LogP contribution in [0.4, 0.5) is 10.2 Å². The number of aromatic nitrogens is 4. The minimum absolute atomic E-state index is 0.00396. The van der Waals surface area contributed by atoms with E-state index in [2.05, 4.69) is 35.9 Å². The number of hydrogen-bond donors (Lipinski definition) is 1. The SMILES string of the molecule is Cc1ccnc(Oc2ccc(B3OC(C)(C)C(C)(Cc4oc5ncnc(N)c5c4Br)O3)cc2F)n1. The topological polar surface area (TPSA) is 118 Å². The van der Waals surface area contributed by atoms with Crippen molar-refractivity contribution in [2.24, 2.45) is 0 Å². The zero-order chi connectivity index (χ0) is 25.0. The molecule has 12 heteroatoms. The standard InChI is InChI=1S/C23H22BBrFN5O4/c1-12-7-8-28-21(31-12)33-15-6-5-13(9-14(15)26)24-34-22(2,3)23(4,35-24)10-16-18(25)17-19(27)29-11-30-20(17)32-16/h5-9,11H,10H2,1-4H3,(H2,27,29,30). The molecule has 1 aliphatic heterocycles. The van der Waals surface area contributed by atoms with Crippen LogP contribution in [0, 0.1) is 12.7 Å². The molecule has 1 fully saturated rings. The number of halogens is 2. The molecule has 9 nitrogen and oxygen atoms in total. The van der Waals surface area contributed by atoms with Gasteiger partial charge in [-0.05, 0) is 67.3 Å².